The van der Waals surface area contributed by atoms with Crippen molar-refractivity contribution in [1.29, 1.82) is 0 Å². The van der Waals surface area contributed by atoms with Gasteiger partial charge in [-0.2, -0.15) is 0 Å². The third-order valence-corrected chi connectivity index (χ3v) is 3.59. The van der Waals surface area contributed by atoms with E-state index in [0.717, 1.165) is 22.7 Å². The average molecular weight is 292 g/mol. The molecular formula is C20H20O2. The standard InChI is InChI=1S/2C10H10O/c1-7-3-4-10-9(5-7)6-8(2)11-10;1-7-3-4-9-6-8(2)11-10(9)5-7/h2*3-6H,1-2H3. The molecule has 0 spiro atoms. The summed E-state index contributed by atoms with van der Waals surface area (Å²) >= 11 is 0. The number of fused-ring (bicyclic) bond motifs is 2. The van der Waals surface area contributed by atoms with Crippen LogP contribution >= 0.6 is 0 Å². The number of benzene rings is 2. The fourth-order valence-electron chi connectivity index (χ4n) is 2.57. The molecule has 0 radical (unpaired) electrons. The zero-order valence-corrected chi connectivity index (χ0v) is 13.4. The molecular weight excluding hydrogens is 272 g/mol. The van der Waals surface area contributed by atoms with E-state index in [-0.39, 0.29) is 0 Å². The third kappa shape index (κ3) is 3.06. The minimum atomic E-state index is 0.977. The fourth-order valence-corrected chi connectivity index (χ4v) is 2.57. The first kappa shape index (κ1) is 14.5. The molecule has 0 fully saturated rings. The van der Waals surface area contributed by atoms with Gasteiger partial charge in [-0.1, -0.05) is 23.8 Å². The zero-order valence-electron chi connectivity index (χ0n) is 13.4. The highest BCUT2D eigenvalue weighted by molar-refractivity contribution is 5.79. The van der Waals surface area contributed by atoms with Gasteiger partial charge in [-0.3, -0.25) is 0 Å². The average Bonchev–Trinajstić information content (AvgIpc) is 2.99. The van der Waals surface area contributed by atoms with Crippen LogP contribution in [-0.4, -0.2) is 0 Å². The van der Waals surface area contributed by atoms with Gasteiger partial charge < -0.3 is 8.83 Å². The molecule has 2 aromatic carbocycles. The third-order valence-electron chi connectivity index (χ3n) is 3.59. The Morgan fingerprint density at radius 1 is 0.545 bits per heavy atom. The van der Waals surface area contributed by atoms with Crippen LogP contribution < -0.4 is 0 Å². The number of furan rings is 2. The maximum absolute atomic E-state index is 5.45. The smallest absolute Gasteiger partial charge is 0.134 e. The van der Waals surface area contributed by atoms with Crippen molar-refractivity contribution >= 4 is 21.9 Å². The molecule has 2 nitrogen and oxygen atoms in total. The molecule has 0 N–H and O–H groups in total. The Morgan fingerprint density at radius 3 is 1.91 bits per heavy atom. The van der Waals surface area contributed by atoms with Crippen LogP contribution in [0.1, 0.15) is 22.6 Å². The Bertz CT molecular complexity index is 847. The summed E-state index contributed by atoms with van der Waals surface area (Å²) < 4.78 is 10.9. The summed E-state index contributed by atoms with van der Waals surface area (Å²) in [5.74, 6) is 1.95. The van der Waals surface area contributed by atoms with Crippen molar-refractivity contribution in [2.24, 2.45) is 0 Å². The van der Waals surface area contributed by atoms with E-state index in [1.165, 1.54) is 21.9 Å². The summed E-state index contributed by atoms with van der Waals surface area (Å²) in [7, 11) is 0. The van der Waals surface area contributed by atoms with Crippen molar-refractivity contribution in [3.63, 3.8) is 0 Å². The second kappa shape index (κ2) is 5.72. The highest BCUT2D eigenvalue weighted by atomic mass is 16.3. The minimum absolute atomic E-state index is 0.977. The number of rotatable bonds is 0. The van der Waals surface area contributed by atoms with E-state index in [9.17, 15) is 0 Å². The molecule has 0 aliphatic carbocycles. The summed E-state index contributed by atoms with van der Waals surface area (Å²) in [4.78, 5) is 0. The van der Waals surface area contributed by atoms with Crippen LogP contribution in [0.15, 0.2) is 57.4 Å². The molecule has 112 valence electrons. The van der Waals surface area contributed by atoms with Crippen molar-refractivity contribution in [2.45, 2.75) is 27.7 Å². The minimum Gasteiger partial charge on any atom is -0.461 e. The molecule has 2 aromatic heterocycles. The number of hydrogen-bond acceptors (Lipinski definition) is 2. The SMILES string of the molecule is Cc1ccc2cc(C)oc2c1.Cc1ccc2oc(C)cc2c1. The molecule has 0 amide bonds. The van der Waals surface area contributed by atoms with Gasteiger partial charge in [-0.15, -0.1) is 0 Å². The molecule has 0 saturated heterocycles. The van der Waals surface area contributed by atoms with Crippen molar-refractivity contribution in [3.05, 3.63) is 71.2 Å². The quantitative estimate of drug-likeness (QED) is 0.391. The van der Waals surface area contributed by atoms with Gasteiger partial charge in [-0.05, 0) is 63.6 Å². The molecule has 4 rings (SSSR count). The Labute approximate surface area is 130 Å². The van der Waals surface area contributed by atoms with E-state index in [2.05, 4.69) is 56.3 Å². The van der Waals surface area contributed by atoms with Gasteiger partial charge in [0.1, 0.15) is 22.7 Å². The first-order chi connectivity index (χ1) is 10.5. The fraction of sp³-hybridized carbons (Fsp3) is 0.200. The van der Waals surface area contributed by atoms with Gasteiger partial charge in [-0.25, -0.2) is 0 Å². The van der Waals surface area contributed by atoms with E-state index in [1.54, 1.807) is 0 Å². The normalized spacial score (nSPS) is 10.7. The molecule has 2 heteroatoms. The van der Waals surface area contributed by atoms with Crippen LogP contribution in [0.4, 0.5) is 0 Å². The monoisotopic (exact) mass is 292 g/mol. The van der Waals surface area contributed by atoms with Crippen LogP contribution in [0, 0.1) is 27.7 Å². The van der Waals surface area contributed by atoms with Gasteiger partial charge in [0.2, 0.25) is 0 Å². The maximum Gasteiger partial charge on any atom is 0.134 e. The lowest BCUT2D eigenvalue weighted by Gasteiger charge is -1.89. The summed E-state index contributed by atoms with van der Waals surface area (Å²) in [5.41, 5.74) is 4.49. The molecule has 0 unspecified atom stereocenters. The van der Waals surface area contributed by atoms with Crippen molar-refractivity contribution in [3.8, 4) is 0 Å². The van der Waals surface area contributed by atoms with Crippen molar-refractivity contribution in [1.82, 2.24) is 0 Å². The van der Waals surface area contributed by atoms with Crippen molar-refractivity contribution in [2.75, 3.05) is 0 Å². The van der Waals surface area contributed by atoms with Gasteiger partial charge in [0.15, 0.2) is 0 Å². The van der Waals surface area contributed by atoms with Gasteiger partial charge in [0.25, 0.3) is 0 Å². The summed E-state index contributed by atoms with van der Waals surface area (Å²) in [6.45, 7) is 8.09. The first-order valence-electron chi connectivity index (χ1n) is 7.45. The summed E-state index contributed by atoms with van der Waals surface area (Å²) in [6.07, 6.45) is 0. The highest BCUT2D eigenvalue weighted by Crippen LogP contribution is 2.20. The Morgan fingerprint density at radius 2 is 1.14 bits per heavy atom. The van der Waals surface area contributed by atoms with Gasteiger partial charge in [0.05, 0.1) is 0 Å². The lowest BCUT2D eigenvalue weighted by atomic mass is 10.2. The second-order valence-corrected chi connectivity index (χ2v) is 5.80. The maximum atomic E-state index is 5.45. The van der Waals surface area contributed by atoms with Gasteiger partial charge in [0, 0.05) is 10.8 Å². The van der Waals surface area contributed by atoms with Crippen LogP contribution in [0.2, 0.25) is 0 Å². The lowest BCUT2D eigenvalue weighted by Crippen LogP contribution is -1.67. The Kier molecular flexibility index (Phi) is 3.76. The van der Waals surface area contributed by atoms with Crippen LogP contribution in [0.5, 0.6) is 0 Å². The molecule has 0 atom stereocenters. The van der Waals surface area contributed by atoms with Gasteiger partial charge >= 0.3 is 0 Å². The predicted molar refractivity (Wildman–Crippen MR) is 91.4 cm³/mol. The first-order valence-corrected chi connectivity index (χ1v) is 7.45. The number of hydrogen-bond donors (Lipinski definition) is 0. The molecule has 0 saturated carbocycles. The second-order valence-electron chi connectivity index (χ2n) is 5.80. The van der Waals surface area contributed by atoms with E-state index in [0.29, 0.717) is 0 Å². The molecule has 2 heterocycles. The number of aryl methyl sites for hydroxylation is 4. The summed E-state index contributed by atoms with van der Waals surface area (Å²) in [5, 5.41) is 2.38. The van der Waals surface area contributed by atoms with E-state index in [1.807, 2.05) is 19.9 Å². The van der Waals surface area contributed by atoms with Crippen LogP contribution in [-0.2, 0) is 0 Å². The van der Waals surface area contributed by atoms with E-state index < -0.39 is 0 Å². The van der Waals surface area contributed by atoms with Crippen molar-refractivity contribution < 1.29 is 8.83 Å². The lowest BCUT2D eigenvalue weighted by molar-refractivity contribution is 0.578. The molecule has 0 aliphatic heterocycles. The van der Waals surface area contributed by atoms with E-state index >= 15 is 0 Å². The molecule has 22 heavy (non-hydrogen) atoms. The zero-order chi connectivity index (χ0) is 15.7. The topological polar surface area (TPSA) is 26.3 Å². The summed E-state index contributed by atoms with van der Waals surface area (Å²) in [6, 6.07) is 16.5. The Balaban J connectivity index is 0.000000131. The van der Waals surface area contributed by atoms with Crippen LogP contribution in [0.3, 0.4) is 0 Å². The molecule has 4 aromatic rings. The molecule has 0 aliphatic rings. The highest BCUT2D eigenvalue weighted by Gasteiger charge is 1.99. The van der Waals surface area contributed by atoms with Crippen LogP contribution in [0.25, 0.3) is 21.9 Å². The Hall–Kier alpha value is -2.48. The largest absolute Gasteiger partial charge is 0.461 e. The molecule has 0 bridgehead atoms. The van der Waals surface area contributed by atoms with E-state index in [4.69, 9.17) is 8.83 Å². The predicted octanol–water partition coefficient (Wildman–Crippen LogP) is 6.10.